The molecule has 98 valence electrons. The van der Waals surface area contributed by atoms with Crippen LogP contribution < -0.4 is 0 Å². The molecule has 0 unspecified atom stereocenters. The van der Waals surface area contributed by atoms with Gasteiger partial charge in [0.25, 0.3) is 0 Å². The van der Waals surface area contributed by atoms with Crippen LogP contribution in [0.1, 0.15) is 26.2 Å². The minimum absolute atomic E-state index is 0.0132. The first-order valence-corrected chi connectivity index (χ1v) is 5.58. The van der Waals surface area contributed by atoms with Crippen molar-refractivity contribution >= 4 is 17.8 Å². The lowest BCUT2D eigenvalue weighted by Crippen LogP contribution is -2.40. The van der Waals surface area contributed by atoms with Gasteiger partial charge in [0.05, 0.1) is 13.0 Å². The van der Waals surface area contributed by atoms with Crippen LogP contribution in [0.15, 0.2) is 0 Å². The van der Waals surface area contributed by atoms with Crippen LogP contribution in [-0.2, 0) is 14.4 Å². The number of carboxylic acids is 1. The Morgan fingerprint density at radius 2 is 1.65 bits per heavy atom. The molecule has 1 N–H and O–H groups in total. The lowest BCUT2D eigenvalue weighted by atomic mass is 10.2. The van der Waals surface area contributed by atoms with Crippen LogP contribution in [0.3, 0.4) is 0 Å². The van der Waals surface area contributed by atoms with Gasteiger partial charge >= 0.3 is 5.97 Å². The van der Waals surface area contributed by atoms with Gasteiger partial charge in [-0.1, -0.05) is 6.92 Å². The molecule has 0 aromatic carbocycles. The summed E-state index contributed by atoms with van der Waals surface area (Å²) in [5, 5.41) is 8.50. The zero-order chi connectivity index (χ0) is 13.4. The Kier molecular flexibility index (Phi) is 6.93. The predicted molar refractivity (Wildman–Crippen MR) is 62.4 cm³/mol. The summed E-state index contributed by atoms with van der Waals surface area (Å²) in [4.78, 5) is 36.4. The predicted octanol–water partition coefficient (Wildman–Crippen LogP) is 0.178. The average Bonchev–Trinajstić information content (AvgIpc) is 2.24. The largest absolute Gasteiger partial charge is 0.481 e. The number of likely N-dealkylation sites (N-methyl/N-ethyl adjacent to an activating group) is 1. The monoisotopic (exact) mass is 244 g/mol. The van der Waals surface area contributed by atoms with Gasteiger partial charge in [0.1, 0.15) is 0 Å². The summed E-state index contributed by atoms with van der Waals surface area (Å²) < 4.78 is 0. The van der Waals surface area contributed by atoms with Gasteiger partial charge in [0.2, 0.25) is 11.8 Å². The van der Waals surface area contributed by atoms with Crippen molar-refractivity contribution in [3.05, 3.63) is 0 Å². The van der Waals surface area contributed by atoms with Crippen LogP contribution in [0.4, 0.5) is 0 Å². The Morgan fingerprint density at radius 3 is 2.06 bits per heavy atom. The third-order valence-electron chi connectivity index (χ3n) is 2.22. The summed E-state index contributed by atoms with van der Waals surface area (Å²) >= 11 is 0. The van der Waals surface area contributed by atoms with Crippen molar-refractivity contribution < 1.29 is 19.5 Å². The molecule has 0 saturated heterocycles. The Balaban J connectivity index is 4.35. The van der Waals surface area contributed by atoms with Crippen molar-refractivity contribution in [2.75, 3.05) is 27.2 Å². The molecule has 0 aromatic rings. The fourth-order valence-corrected chi connectivity index (χ4v) is 1.24. The lowest BCUT2D eigenvalue weighted by molar-refractivity contribution is -0.142. The second-order valence-electron chi connectivity index (χ2n) is 4.00. The number of hydrogen-bond donors (Lipinski definition) is 1. The van der Waals surface area contributed by atoms with Crippen LogP contribution in [0, 0.1) is 0 Å². The van der Waals surface area contributed by atoms with Crippen molar-refractivity contribution in [1.82, 2.24) is 9.80 Å². The van der Waals surface area contributed by atoms with E-state index < -0.39 is 5.97 Å². The maximum absolute atomic E-state index is 11.7. The second-order valence-corrected chi connectivity index (χ2v) is 4.00. The number of carboxylic acid groups (broad SMARTS) is 1. The highest BCUT2D eigenvalue weighted by molar-refractivity contribution is 5.86. The molecule has 0 aromatic heterocycles. The van der Waals surface area contributed by atoms with E-state index in [1.807, 2.05) is 6.92 Å². The number of carbonyl (C=O) groups is 3. The Bertz CT molecular complexity index is 289. The summed E-state index contributed by atoms with van der Waals surface area (Å²) in [5.74, 6) is -1.46. The van der Waals surface area contributed by atoms with Crippen molar-refractivity contribution in [2.24, 2.45) is 0 Å². The molecule has 6 heteroatoms. The maximum Gasteiger partial charge on any atom is 0.303 e. The topological polar surface area (TPSA) is 77.9 Å². The molecule has 0 heterocycles. The zero-order valence-corrected chi connectivity index (χ0v) is 10.6. The minimum Gasteiger partial charge on any atom is -0.481 e. The molecule has 17 heavy (non-hydrogen) atoms. The molecule has 6 nitrogen and oxygen atoms in total. The highest BCUT2D eigenvalue weighted by atomic mass is 16.4. The van der Waals surface area contributed by atoms with E-state index in [1.54, 1.807) is 14.1 Å². The van der Waals surface area contributed by atoms with Gasteiger partial charge in [-0.2, -0.15) is 0 Å². The van der Waals surface area contributed by atoms with E-state index in [9.17, 15) is 14.4 Å². The van der Waals surface area contributed by atoms with E-state index >= 15 is 0 Å². The van der Waals surface area contributed by atoms with E-state index in [2.05, 4.69) is 0 Å². The van der Waals surface area contributed by atoms with Crippen molar-refractivity contribution in [1.29, 1.82) is 0 Å². The molecule has 0 atom stereocenters. The molecule has 0 fully saturated rings. The summed E-state index contributed by atoms with van der Waals surface area (Å²) in [6.07, 6.45) is 0.477. The molecular weight excluding hydrogens is 224 g/mol. The summed E-state index contributed by atoms with van der Waals surface area (Å²) in [7, 11) is 3.24. The third kappa shape index (κ3) is 6.55. The summed E-state index contributed by atoms with van der Waals surface area (Å²) in [6, 6.07) is 0. The third-order valence-corrected chi connectivity index (χ3v) is 2.22. The van der Waals surface area contributed by atoms with Crippen molar-refractivity contribution in [3.63, 3.8) is 0 Å². The summed E-state index contributed by atoms with van der Waals surface area (Å²) in [5.41, 5.74) is 0. The SMILES string of the molecule is CCCN(CC(=O)N(C)C)C(=O)CCC(=O)O. The number of aliphatic carboxylic acids is 1. The lowest BCUT2D eigenvalue weighted by Gasteiger charge is -2.23. The number of amides is 2. The van der Waals surface area contributed by atoms with Gasteiger partial charge in [-0.3, -0.25) is 14.4 Å². The Labute approximate surface area is 101 Å². The van der Waals surface area contributed by atoms with Gasteiger partial charge < -0.3 is 14.9 Å². The van der Waals surface area contributed by atoms with Crippen LogP contribution >= 0.6 is 0 Å². The Morgan fingerprint density at radius 1 is 1.06 bits per heavy atom. The molecular formula is C11H20N2O4. The van der Waals surface area contributed by atoms with Gasteiger partial charge in [0.15, 0.2) is 0 Å². The fourth-order valence-electron chi connectivity index (χ4n) is 1.24. The highest BCUT2D eigenvalue weighted by Crippen LogP contribution is 2.01. The fraction of sp³-hybridized carbons (Fsp3) is 0.727. The number of rotatable bonds is 7. The van der Waals surface area contributed by atoms with Gasteiger partial charge in [-0.15, -0.1) is 0 Å². The quantitative estimate of drug-likeness (QED) is 0.693. The molecule has 0 bridgehead atoms. The normalized spacial score (nSPS) is 9.82. The van der Waals surface area contributed by atoms with E-state index in [-0.39, 0.29) is 31.2 Å². The molecule has 0 rings (SSSR count). The van der Waals surface area contributed by atoms with E-state index in [0.717, 1.165) is 6.42 Å². The standard InChI is InChI=1S/C11H20N2O4/c1-4-7-13(8-10(15)12(2)3)9(14)5-6-11(16)17/h4-8H2,1-3H3,(H,16,17). The van der Waals surface area contributed by atoms with Crippen molar-refractivity contribution in [2.45, 2.75) is 26.2 Å². The maximum atomic E-state index is 11.7. The van der Waals surface area contributed by atoms with Gasteiger partial charge in [0, 0.05) is 27.1 Å². The van der Waals surface area contributed by atoms with E-state index in [1.165, 1.54) is 9.80 Å². The average molecular weight is 244 g/mol. The van der Waals surface area contributed by atoms with E-state index in [4.69, 9.17) is 5.11 Å². The van der Waals surface area contributed by atoms with Crippen LogP contribution in [0.5, 0.6) is 0 Å². The smallest absolute Gasteiger partial charge is 0.303 e. The number of hydrogen-bond acceptors (Lipinski definition) is 3. The van der Waals surface area contributed by atoms with Crippen molar-refractivity contribution in [3.8, 4) is 0 Å². The molecule has 0 spiro atoms. The molecule has 0 radical (unpaired) electrons. The first-order valence-electron chi connectivity index (χ1n) is 5.58. The minimum atomic E-state index is -1.01. The first-order chi connectivity index (χ1) is 7.88. The Hall–Kier alpha value is -1.59. The van der Waals surface area contributed by atoms with E-state index in [0.29, 0.717) is 6.54 Å². The van der Waals surface area contributed by atoms with Crippen LogP contribution in [0.25, 0.3) is 0 Å². The number of carbonyl (C=O) groups excluding carboxylic acids is 2. The molecule has 0 aliphatic rings. The highest BCUT2D eigenvalue weighted by Gasteiger charge is 2.17. The summed E-state index contributed by atoms with van der Waals surface area (Å²) in [6.45, 7) is 2.38. The zero-order valence-electron chi connectivity index (χ0n) is 10.6. The first kappa shape index (κ1) is 15.4. The molecule has 0 aliphatic heterocycles. The van der Waals surface area contributed by atoms with Gasteiger partial charge in [-0.05, 0) is 6.42 Å². The van der Waals surface area contributed by atoms with Crippen LogP contribution in [0.2, 0.25) is 0 Å². The second kappa shape index (κ2) is 7.65. The van der Waals surface area contributed by atoms with Crippen LogP contribution in [-0.4, -0.2) is 59.9 Å². The van der Waals surface area contributed by atoms with Gasteiger partial charge in [-0.25, -0.2) is 0 Å². The number of nitrogens with zero attached hydrogens (tertiary/aromatic N) is 2. The molecule has 0 saturated carbocycles. The molecule has 2 amide bonds. The molecule has 0 aliphatic carbocycles.